The molecular weight excluding hydrogens is 485 g/mol. The van der Waals surface area contributed by atoms with E-state index >= 15 is 4.39 Å². The van der Waals surface area contributed by atoms with Crippen molar-refractivity contribution >= 4 is 10.9 Å². The van der Waals surface area contributed by atoms with Crippen molar-refractivity contribution in [2.75, 3.05) is 14.2 Å². The van der Waals surface area contributed by atoms with Crippen molar-refractivity contribution in [2.24, 2.45) is 7.05 Å². The van der Waals surface area contributed by atoms with Gasteiger partial charge in [0.05, 0.1) is 25.3 Å². The molecule has 0 bridgehead atoms. The van der Waals surface area contributed by atoms with Gasteiger partial charge in [0.2, 0.25) is 0 Å². The van der Waals surface area contributed by atoms with E-state index in [4.69, 9.17) is 14.2 Å². The fourth-order valence-electron chi connectivity index (χ4n) is 4.28. The molecule has 2 heterocycles. The summed E-state index contributed by atoms with van der Waals surface area (Å²) in [6.45, 7) is 0. The predicted molar refractivity (Wildman–Crippen MR) is 144 cm³/mol. The molecule has 192 valence electrons. The monoisotopic (exact) mass is 511 g/mol. The van der Waals surface area contributed by atoms with Crippen molar-refractivity contribution in [3.63, 3.8) is 0 Å². The lowest BCUT2D eigenvalue weighted by Gasteiger charge is -2.13. The zero-order valence-corrected chi connectivity index (χ0v) is 21.3. The average molecular weight is 512 g/mol. The molecule has 4 aromatic rings. The minimum absolute atomic E-state index is 0.0122. The first-order valence-electron chi connectivity index (χ1n) is 12.0. The highest BCUT2D eigenvalue weighted by atomic mass is 19.1. The van der Waals surface area contributed by atoms with Crippen LogP contribution in [0.25, 0.3) is 22.0 Å². The highest BCUT2D eigenvalue weighted by Gasteiger charge is 2.16. The van der Waals surface area contributed by atoms with Crippen molar-refractivity contribution < 1.29 is 18.6 Å². The van der Waals surface area contributed by atoms with Crippen LogP contribution in [-0.4, -0.2) is 28.8 Å². The Bertz CT molecular complexity index is 1670. The molecule has 7 nitrogen and oxygen atoms in total. The molecule has 0 atom stereocenters. The van der Waals surface area contributed by atoms with E-state index < -0.39 is 5.82 Å². The van der Waals surface area contributed by atoms with Gasteiger partial charge in [-0.2, -0.15) is 0 Å². The number of hydrogen-bond donors (Lipinski definition) is 0. The molecule has 0 radical (unpaired) electrons. The number of hydrogen-bond acceptors (Lipinski definition) is 6. The molecule has 0 unspecified atom stereocenters. The van der Waals surface area contributed by atoms with Crippen molar-refractivity contribution in [1.82, 2.24) is 14.5 Å². The molecule has 8 heteroatoms. The summed E-state index contributed by atoms with van der Waals surface area (Å²) in [6, 6.07) is 9.53. The summed E-state index contributed by atoms with van der Waals surface area (Å²) in [5.41, 5.74) is 2.16. The number of aromatic nitrogens is 3. The Morgan fingerprint density at radius 2 is 1.79 bits per heavy atom. The third kappa shape index (κ3) is 4.93. The minimum Gasteiger partial charge on any atom is -0.493 e. The van der Waals surface area contributed by atoms with Gasteiger partial charge in [-0.25, -0.2) is 9.37 Å². The molecule has 38 heavy (non-hydrogen) atoms. The number of benzene rings is 2. The smallest absolute Gasteiger partial charge is 0.261 e. The Balaban J connectivity index is 1.43. The third-order valence-electron chi connectivity index (χ3n) is 6.37. The van der Waals surface area contributed by atoms with Gasteiger partial charge in [-0.3, -0.25) is 14.3 Å². The fraction of sp³-hybridized carbons (Fsp3) is 0.167. The van der Waals surface area contributed by atoms with Crippen LogP contribution in [0.1, 0.15) is 12.2 Å². The third-order valence-corrected chi connectivity index (χ3v) is 6.37. The molecule has 0 amide bonds. The van der Waals surface area contributed by atoms with Crippen LogP contribution in [0, 0.1) is 5.82 Å². The van der Waals surface area contributed by atoms with Crippen molar-refractivity contribution in [3.8, 4) is 34.1 Å². The topological polar surface area (TPSA) is 75.5 Å². The summed E-state index contributed by atoms with van der Waals surface area (Å²) in [7, 11) is 4.76. The van der Waals surface area contributed by atoms with E-state index in [9.17, 15) is 4.79 Å². The van der Waals surface area contributed by atoms with Crippen molar-refractivity contribution in [3.05, 3.63) is 107 Å². The van der Waals surface area contributed by atoms with Crippen LogP contribution in [0.4, 0.5) is 4.39 Å². The maximum atomic E-state index is 15.2. The first-order chi connectivity index (χ1) is 18.5. The Morgan fingerprint density at radius 3 is 2.58 bits per heavy atom. The summed E-state index contributed by atoms with van der Waals surface area (Å²) < 4.78 is 33.4. The summed E-state index contributed by atoms with van der Waals surface area (Å²) >= 11 is 0. The lowest BCUT2D eigenvalue weighted by Crippen LogP contribution is -2.23. The Kier molecular flexibility index (Phi) is 7.04. The van der Waals surface area contributed by atoms with Gasteiger partial charge in [0.1, 0.15) is 11.6 Å². The van der Waals surface area contributed by atoms with Crippen molar-refractivity contribution in [2.45, 2.75) is 12.8 Å². The first-order valence-corrected chi connectivity index (χ1v) is 12.0. The van der Waals surface area contributed by atoms with Crippen LogP contribution in [0.3, 0.4) is 0 Å². The SMILES string of the molecule is COc1cc2nccc(Oc3ccc(-c4cnc(CC5=CCC=CC=C5)n(C)c4=O)cc3F)c2cc1OC. The van der Waals surface area contributed by atoms with Crippen molar-refractivity contribution in [1.29, 1.82) is 0 Å². The Hall–Kier alpha value is -4.72. The number of rotatable bonds is 7. The number of pyridine rings is 1. The van der Waals surface area contributed by atoms with E-state index in [1.807, 2.05) is 18.2 Å². The van der Waals surface area contributed by atoms with E-state index in [-0.39, 0.29) is 11.3 Å². The van der Waals surface area contributed by atoms with Gasteiger partial charge < -0.3 is 14.2 Å². The van der Waals surface area contributed by atoms with Gasteiger partial charge in [0.25, 0.3) is 5.56 Å². The molecule has 0 spiro atoms. The normalized spacial score (nSPS) is 12.8. The number of methoxy groups -OCH3 is 2. The number of halogens is 1. The highest BCUT2D eigenvalue weighted by molar-refractivity contribution is 5.88. The standard InChI is InChI=1S/C30H26FN3O4/c1-34-29(14-19-8-6-4-5-7-9-19)33-18-22(30(34)35)20-10-11-26(23(31)15-20)38-25-12-13-32-24-17-28(37-3)27(36-2)16-21(24)25/h4-6,8-13,15-18H,7,14H2,1-3H3. The van der Waals surface area contributed by atoms with E-state index in [0.717, 1.165) is 12.0 Å². The number of ether oxygens (including phenoxy) is 3. The van der Waals surface area contributed by atoms with Gasteiger partial charge >= 0.3 is 0 Å². The minimum atomic E-state index is -0.611. The van der Waals surface area contributed by atoms with Crippen LogP contribution >= 0.6 is 0 Å². The van der Waals surface area contributed by atoms with E-state index in [1.165, 1.54) is 30.0 Å². The van der Waals surface area contributed by atoms with E-state index in [1.54, 1.807) is 44.6 Å². The second-order valence-electron chi connectivity index (χ2n) is 8.71. The number of allylic oxidation sites excluding steroid dienone is 6. The largest absolute Gasteiger partial charge is 0.493 e. The fourth-order valence-corrected chi connectivity index (χ4v) is 4.28. The first kappa shape index (κ1) is 25.0. The molecule has 0 N–H and O–H groups in total. The summed E-state index contributed by atoms with van der Waals surface area (Å²) in [4.78, 5) is 22.0. The number of fused-ring (bicyclic) bond motifs is 1. The number of nitrogens with zero attached hydrogens (tertiary/aromatic N) is 3. The zero-order chi connectivity index (χ0) is 26.6. The van der Waals surface area contributed by atoms with Crippen LogP contribution in [0.15, 0.2) is 89.5 Å². The van der Waals surface area contributed by atoms with Gasteiger partial charge in [0, 0.05) is 37.3 Å². The Morgan fingerprint density at radius 1 is 0.974 bits per heavy atom. The van der Waals surface area contributed by atoms with Gasteiger partial charge in [-0.1, -0.05) is 36.4 Å². The molecule has 2 aromatic heterocycles. The molecule has 1 aliphatic carbocycles. The molecule has 0 saturated heterocycles. The van der Waals surface area contributed by atoms with Crippen LogP contribution < -0.4 is 19.8 Å². The second kappa shape index (κ2) is 10.7. The van der Waals surface area contributed by atoms with Gasteiger partial charge in [0.15, 0.2) is 23.1 Å². The maximum absolute atomic E-state index is 15.2. The molecule has 0 saturated carbocycles. The maximum Gasteiger partial charge on any atom is 0.261 e. The average Bonchev–Trinajstić information content (AvgIpc) is 3.20. The predicted octanol–water partition coefficient (Wildman–Crippen LogP) is 5.93. The van der Waals surface area contributed by atoms with E-state index in [0.29, 0.717) is 51.5 Å². The molecule has 1 aliphatic rings. The molecule has 0 aliphatic heterocycles. The molecule has 5 rings (SSSR count). The highest BCUT2D eigenvalue weighted by Crippen LogP contribution is 2.37. The summed E-state index contributed by atoms with van der Waals surface area (Å²) in [5, 5.41) is 0.636. The quantitative estimate of drug-likeness (QED) is 0.306. The summed E-state index contributed by atoms with van der Waals surface area (Å²) in [6.07, 6.45) is 14.6. The lowest BCUT2D eigenvalue weighted by atomic mass is 10.1. The Labute approximate surface area is 219 Å². The van der Waals surface area contributed by atoms with Crippen LogP contribution in [0.5, 0.6) is 23.0 Å². The molecular formula is C30H26FN3O4. The molecule has 2 aromatic carbocycles. The zero-order valence-electron chi connectivity index (χ0n) is 21.3. The van der Waals surface area contributed by atoms with Crippen LogP contribution in [0.2, 0.25) is 0 Å². The van der Waals surface area contributed by atoms with Crippen LogP contribution in [-0.2, 0) is 13.5 Å². The second-order valence-corrected chi connectivity index (χ2v) is 8.71. The molecule has 0 fully saturated rings. The van der Waals surface area contributed by atoms with Gasteiger partial charge in [-0.15, -0.1) is 0 Å². The van der Waals surface area contributed by atoms with Gasteiger partial charge in [-0.05, 0) is 41.8 Å². The van der Waals surface area contributed by atoms with E-state index in [2.05, 4.69) is 22.1 Å². The lowest BCUT2D eigenvalue weighted by molar-refractivity contribution is 0.355. The summed E-state index contributed by atoms with van der Waals surface area (Å²) in [5.74, 6) is 1.47.